The zero-order valence-corrected chi connectivity index (χ0v) is 14.9. The van der Waals surface area contributed by atoms with Crippen LogP contribution in [-0.4, -0.2) is 37.1 Å². The maximum absolute atomic E-state index is 13.0. The number of ether oxygens (including phenoxy) is 1. The highest BCUT2D eigenvalue weighted by molar-refractivity contribution is 6.55. The van der Waals surface area contributed by atoms with E-state index >= 15 is 0 Å². The molecule has 0 aromatic heterocycles. The van der Waals surface area contributed by atoms with Crippen LogP contribution in [0.3, 0.4) is 0 Å². The Hall–Kier alpha value is -1.51. The number of rotatable bonds is 4. The van der Waals surface area contributed by atoms with Gasteiger partial charge in [0.1, 0.15) is 5.75 Å². The van der Waals surface area contributed by atoms with Crippen molar-refractivity contribution < 1.29 is 32.3 Å². The van der Waals surface area contributed by atoms with Crippen LogP contribution in [0.2, 0.25) is 0 Å². The second kappa shape index (κ2) is 6.66. The Morgan fingerprint density at radius 1 is 1.16 bits per heavy atom. The molecule has 4 nitrogen and oxygen atoms in total. The van der Waals surface area contributed by atoms with E-state index in [1.807, 2.05) is 27.7 Å². The van der Waals surface area contributed by atoms with Gasteiger partial charge in [0.25, 0.3) is 0 Å². The first-order valence-electron chi connectivity index (χ1n) is 7.83. The fourth-order valence-corrected chi connectivity index (χ4v) is 2.38. The molecule has 1 aromatic carbocycles. The van der Waals surface area contributed by atoms with Gasteiger partial charge in [-0.3, -0.25) is 0 Å². The van der Waals surface area contributed by atoms with E-state index in [9.17, 15) is 18.3 Å². The van der Waals surface area contributed by atoms with Gasteiger partial charge in [-0.15, -0.1) is 0 Å². The standard InChI is InChI=1S/C17H22BF3O4/c1-15(2)16(3,4)25-18(24-15)13(10-22)7-11-6-12(17(19,20)21)9-14(8-11)23-5/h6-9,22H,10H2,1-5H3. The van der Waals surface area contributed by atoms with Gasteiger partial charge in [0.2, 0.25) is 0 Å². The third-order valence-corrected chi connectivity index (χ3v) is 4.58. The molecule has 2 rings (SSSR count). The summed E-state index contributed by atoms with van der Waals surface area (Å²) < 4.78 is 55.7. The van der Waals surface area contributed by atoms with Crippen molar-refractivity contribution in [2.45, 2.75) is 45.1 Å². The molecule has 1 N–H and O–H groups in total. The average Bonchev–Trinajstić information content (AvgIpc) is 2.71. The van der Waals surface area contributed by atoms with Gasteiger partial charge in [0.05, 0.1) is 30.5 Å². The zero-order chi connectivity index (χ0) is 19.0. The van der Waals surface area contributed by atoms with Gasteiger partial charge in [-0.05, 0) is 56.9 Å². The third-order valence-electron chi connectivity index (χ3n) is 4.58. The molecule has 0 unspecified atom stereocenters. The molecule has 1 saturated heterocycles. The van der Waals surface area contributed by atoms with Gasteiger partial charge < -0.3 is 19.2 Å². The van der Waals surface area contributed by atoms with E-state index < -0.39 is 36.7 Å². The Kier molecular flexibility index (Phi) is 5.28. The summed E-state index contributed by atoms with van der Waals surface area (Å²) in [5.74, 6) is 0.0762. The van der Waals surface area contributed by atoms with E-state index in [1.165, 1.54) is 19.3 Å². The smallest absolute Gasteiger partial charge is 0.492 e. The Morgan fingerprint density at radius 3 is 2.16 bits per heavy atom. The van der Waals surface area contributed by atoms with E-state index in [0.29, 0.717) is 5.47 Å². The van der Waals surface area contributed by atoms with Crippen molar-refractivity contribution in [2.75, 3.05) is 13.7 Å². The number of halogens is 3. The first kappa shape index (κ1) is 19.8. The maximum atomic E-state index is 13.0. The molecule has 1 aromatic rings. The highest BCUT2D eigenvalue weighted by Crippen LogP contribution is 2.39. The van der Waals surface area contributed by atoms with E-state index in [-0.39, 0.29) is 11.3 Å². The van der Waals surface area contributed by atoms with E-state index in [1.54, 1.807) is 0 Å². The van der Waals surface area contributed by atoms with Crippen LogP contribution in [0.25, 0.3) is 6.08 Å². The Bertz CT molecular complexity index is 652. The van der Waals surface area contributed by atoms with Gasteiger partial charge in [-0.2, -0.15) is 13.2 Å². The number of hydrogen-bond donors (Lipinski definition) is 1. The van der Waals surface area contributed by atoms with Crippen molar-refractivity contribution in [2.24, 2.45) is 0 Å². The molecule has 0 aliphatic carbocycles. The molecular formula is C17H22BF3O4. The highest BCUT2D eigenvalue weighted by Gasteiger charge is 2.52. The largest absolute Gasteiger partial charge is 0.497 e. The number of aliphatic hydroxyl groups excluding tert-OH is 1. The first-order valence-corrected chi connectivity index (χ1v) is 7.83. The summed E-state index contributed by atoms with van der Waals surface area (Å²) in [7, 11) is 0.458. The lowest BCUT2D eigenvalue weighted by Gasteiger charge is -2.32. The molecule has 25 heavy (non-hydrogen) atoms. The van der Waals surface area contributed by atoms with Crippen molar-refractivity contribution in [1.29, 1.82) is 0 Å². The van der Waals surface area contributed by atoms with Gasteiger partial charge in [0.15, 0.2) is 0 Å². The number of methoxy groups -OCH3 is 1. The lowest BCUT2D eigenvalue weighted by Crippen LogP contribution is -2.41. The second-order valence-electron chi connectivity index (χ2n) is 6.96. The summed E-state index contributed by atoms with van der Waals surface area (Å²) >= 11 is 0. The molecular weight excluding hydrogens is 336 g/mol. The van der Waals surface area contributed by atoms with Gasteiger partial charge >= 0.3 is 13.3 Å². The van der Waals surface area contributed by atoms with E-state index in [0.717, 1.165) is 12.1 Å². The minimum Gasteiger partial charge on any atom is -0.497 e. The van der Waals surface area contributed by atoms with Crippen molar-refractivity contribution in [3.63, 3.8) is 0 Å². The molecule has 1 heterocycles. The van der Waals surface area contributed by atoms with Crippen molar-refractivity contribution in [1.82, 2.24) is 0 Å². The molecule has 0 saturated carbocycles. The summed E-state index contributed by atoms with van der Waals surface area (Å²) in [5, 5.41) is 9.66. The van der Waals surface area contributed by atoms with Crippen LogP contribution < -0.4 is 4.74 Å². The Labute approximate surface area is 145 Å². The monoisotopic (exact) mass is 358 g/mol. The molecule has 138 valence electrons. The summed E-state index contributed by atoms with van der Waals surface area (Å²) in [6.45, 7) is 7.02. The summed E-state index contributed by atoms with van der Waals surface area (Å²) in [6.07, 6.45) is -3.07. The van der Waals surface area contributed by atoms with Crippen LogP contribution in [0.4, 0.5) is 13.2 Å². The van der Waals surface area contributed by atoms with Crippen LogP contribution >= 0.6 is 0 Å². The third kappa shape index (κ3) is 4.19. The Morgan fingerprint density at radius 2 is 1.72 bits per heavy atom. The molecule has 8 heteroatoms. The SMILES string of the molecule is COc1cc(C=C(CO)B2OC(C)(C)C(C)(C)O2)cc(C(F)(F)F)c1. The lowest BCUT2D eigenvalue weighted by molar-refractivity contribution is -0.137. The van der Waals surface area contributed by atoms with Crippen molar-refractivity contribution in [3.8, 4) is 5.75 Å². The van der Waals surface area contributed by atoms with Crippen LogP contribution in [0.1, 0.15) is 38.8 Å². The minimum atomic E-state index is -4.50. The van der Waals surface area contributed by atoms with Crippen LogP contribution in [0, 0.1) is 0 Å². The van der Waals surface area contributed by atoms with Gasteiger partial charge in [0, 0.05) is 0 Å². The number of hydrogen-bond acceptors (Lipinski definition) is 4. The molecule has 1 aliphatic heterocycles. The van der Waals surface area contributed by atoms with Crippen LogP contribution in [0.5, 0.6) is 5.75 Å². The molecule has 1 fully saturated rings. The van der Waals surface area contributed by atoms with Crippen molar-refractivity contribution >= 4 is 13.2 Å². The van der Waals surface area contributed by atoms with E-state index in [4.69, 9.17) is 14.0 Å². The van der Waals surface area contributed by atoms with Crippen molar-refractivity contribution in [3.05, 3.63) is 34.8 Å². The van der Waals surface area contributed by atoms with E-state index in [2.05, 4.69) is 0 Å². The summed E-state index contributed by atoms with van der Waals surface area (Å²) in [4.78, 5) is 0. The summed E-state index contributed by atoms with van der Waals surface area (Å²) in [5.41, 5.74) is -1.48. The average molecular weight is 358 g/mol. The zero-order valence-electron chi connectivity index (χ0n) is 14.9. The highest BCUT2D eigenvalue weighted by atomic mass is 19.4. The topological polar surface area (TPSA) is 47.9 Å². The molecule has 0 bridgehead atoms. The van der Waals surface area contributed by atoms with Crippen LogP contribution in [-0.2, 0) is 15.5 Å². The Balaban J connectivity index is 2.40. The molecule has 0 amide bonds. The fraction of sp³-hybridized carbons (Fsp3) is 0.529. The first-order chi connectivity index (χ1) is 11.4. The quantitative estimate of drug-likeness (QED) is 0.834. The molecule has 0 radical (unpaired) electrons. The summed E-state index contributed by atoms with van der Waals surface area (Å²) in [6, 6.07) is 3.37. The fourth-order valence-electron chi connectivity index (χ4n) is 2.38. The number of alkyl halides is 3. The molecule has 0 spiro atoms. The predicted octanol–water partition coefficient (Wildman–Crippen LogP) is 3.72. The van der Waals surface area contributed by atoms with Gasteiger partial charge in [-0.1, -0.05) is 6.08 Å². The lowest BCUT2D eigenvalue weighted by atomic mass is 9.77. The van der Waals surface area contributed by atoms with Gasteiger partial charge in [-0.25, -0.2) is 0 Å². The minimum absolute atomic E-state index is 0.0762. The normalized spacial score (nSPS) is 20.0. The maximum Gasteiger partial charge on any atom is 0.492 e. The number of benzene rings is 1. The second-order valence-corrected chi connectivity index (χ2v) is 6.96. The molecule has 0 atom stereocenters. The predicted molar refractivity (Wildman–Crippen MR) is 89.1 cm³/mol. The number of aliphatic hydroxyl groups is 1. The van der Waals surface area contributed by atoms with Crippen LogP contribution in [0.15, 0.2) is 23.7 Å². The molecule has 1 aliphatic rings.